The van der Waals surface area contributed by atoms with Crippen molar-refractivity contribution >= 4 is 22.9 Å². The second-order valence-electron chi connectivity index (χ2n) is 5.18. The highest BCUT2D eigenvalue weighted by atomic mass is 35.5. The molecule has 0 saturated carbocycles. The third-order valence-corrected chi connectivity index (χ3v) is 5.02. The van der Waals surface area contributed by atoms with E-state index in [2.05, 4.69) is 49.4 Å². The van der Waals surface area contributed by atoms with Crippen LogP contribution in [-0.2, 0) is 0 Å². The van der Waals surface area contributed by atoms with E-state index < -0.39 is 0 Å². The lowest BCUT2D eigenvalue weighted by Gasteiger charge is -2.35. The van der Waals surface area contributed by atoms with E-state index in [1.165, 1.54) is 4.88 Å². The molecule has 0 aliphatic heterocycles. The molecule has 1 aromatic carbocycles. The van der Waals surface area contributed by atoms with Crippen LogP contribution >= 0.6 is 22.9 Å². The Labute approximate surface area is 130 Å². The first kappa shape index (κ1) is 15.5. The summed E-state index contributed by atoms with van der Waals surface area (Å²) >= 11 is 8.07. The molecule has 20 heavy (non-hydrogen) atoms. The Kier molecular flexibility index (Phi) is 5.22. The standard InChI is InChI=1S/C16H21ClN2S/c1-11(18)16(15-9-6-10-20-15)19(3)12(2)13-7-4-5-8-14(13)17/h4-12,16H,18H2,1-3H3. The number of rotatable bonds is 5. The first-order valence-electron chi connectivity index (χ1n) is 6.77. The molecule has 0 fully saturated rings. The first-order valence-corrected chi connectivity index (χ1v) is 8.03. The van der Waals surface area contributed by atoms with Crippen LogP contribution in [0.4, 0.5) is 0 Å². The number of hydrogen-bond acceptors (Lipinski definition) is 3. The van der Waals surface area contributed by atoms with E-state index >= 15 is 0 Å². The van der Waals surface area contributed by atoms with Crippen molar-refractivity contribution in [3.05, 3.63) is 57.2 Å². The zero-order chi connectivity index (χ0) is 14.7. The molecule has 1 aromatic heterocycles. The van der Waals surface area contributed by atoms with Crippen molar-refractivity contribution in [1.82, 2.24) is 4.90 Å². The topological polar surface area (TPSA) is 29.3 Å². The van der Waals surface area contributed by atoms with Crippen LogP contribution in [0.1, 0.15) is 36.4 Å². The lowest BCUT2D eigenvalue weighted by molar-refractivity contribution is 0.168. The third-order valence-electron chi connectivity index (χ3n) is 3.74. The van der Waals surface area contributed by atoms with Crippen LogP contribution in [0.25, 0.3) is 0 Å². The molecule has 0 aliphatic carbocycles. The van der Waals surface area contributed by atoms with Gasteiger partial charge in [-0.25, -0.2) is 0 Å². The predicted molar refractivity (Wildman–Crippen MR) is 88.3 cm³/mol. The number of nitrogens with zero attached hydrogens (tertiary/aromatic N) is 1. The van der Waals surface area contributed by atoms with E-state index in [0.29, 0.717) is 0 Å². The summed E-state index contributed by atoms with van der Waals surface area (Å²) in [5, 5.41) is 2.90. The van der Waals surface area contributed by atoms with Gasteiger partial charge < -0.3 is 5.73 Å². The molecule has 2 aromatic rings. The second-order valence-corrected chi connectivity index (χ2v) is 6.57. The van der Waals surface area contributed by atoms with Gasteiger partial charge in [0.05, 0.1) is 6.04 Å². The van der Waals surface area contributed by atoms with E-state index in [1.807, 2.05) is 18.2 Å². The van der Waals surface area contributed by atoms with Crippen LogP contribution < -0.4 is 5.73 Å². The normalized spacial score (nSPS) is 16.1. The Morgan fingerprint density at radius 2 is 1.85 bits per heavy atom. The first-order chi connectivity index (χ1) is 9.52. The average molecular weight is 309 g/mol. The van der Waals surface area contributed by atoms with Gasteiger partial charge in [0, 0.05) is 22.0 Å². The van der Waals surface area contributed by atoms with Gasteiger partial charge in [-0.1, -0.05) is 35.9 Å². The van der Waals surface area contributed by atoms with Crippen LogP contribution in [0.15, 0.2) is 41.8 Å². The minimum atomic E-state index is 0.0589. The van der Waals surface area contributed by atoms with Gasteiger partial charge in [0.15, 0.2) is 0 Å². The average Bonchev–Trinajstić information content (AvgIpc) is 2.92. The van der Waals surface area contributed by atoms with Gasteiger partial charge in [-0.15, -0.1) is 11.3 Å². The summed E-state index contributed by atoms with van der Waals surface area (Å²) < 4.78 is 0. The minimum Gasteiger partial charge on any atom is -0.326 e. The van der Waals surface area contributed by atoms with Gasteiger partial charge in [0.25, 0.3) is 0 Å². The van der Waals surface area contributed by atoms with Crippen LogP contribution in [0.2, 0.25) is 5.02 Å². The summed E-state index contributed by atoms with van der Waals surface area (Å²) in [6, 6.07) is 12.7. The summed E-state index contributed by atoms with van der Waals surface area (Å²) in [5.74, 6) is 0. The van der Waals surface area contributed by atoms with Crippen molar-refractivity contribution in [3.8, 4) is 0 Å². The van der Waals surface area contributed by atoms with E-state index in [9.17, 15) is 0 Å². The monoisotopic (exact) mass is 308 g/mol. The molecular formula is C16H21ClN2S. The quantitative estimate of drug-likeness (QED) is 0.882. The zero-order valence-corrected chi connectivity index (χ0v) is 13.7. The summed E-state index contributed by atoms with van der Waals surface area (Å²) in [6.07, 6.45) is 0. The lowest BCUT2D eigenvalue weighted by atomic mass is 10.0. The molecule has 3 unspecified atom stereocenters. The number of likely N-dealkylation sites (N-methyl/N-ethyl adjacent to an activating group) is 1. The fraction of sp³-hybridized carbons (Fsp3) is 0.375. The van der Waals surface area contributed by atoms with Crippen molar-refractivity contribution in [2.45, 2.75) is 32.0 Å². The highest BCUT2D eigenvalue weighted by Crippen LogP contribution is 2.35. The van der Waals surface area contributed by atoms with Gasteiger partial charge in [0.2, 0.25) is 0 Å². The Bertz CT molecular complexity index is 539. The maximum Gasteiger partial charge on any atom is 0.0593 e. The van der Waals surface area contributed by atoms with Crippen LogP contribution in [-0.4, -0.2) is 18.0 Å². The van der Waals surface area contributed by atoms with E-state index in [0.717, 1.165) is 10.6 Å². The van der Waals surface area contributed by atoms with E-state index in [-0.39, 0.29) is 18.1 Å². The molecule has 0 amide bonds. The van der Waals surface area contributed by atoms with Gasteiger partial charge in [0.1, 0.15) is 0 Å². The molecule has 2 nitrogen and oxygen atoms in total. The zero-order valence-electron chi connectivity index (χ0n) is 12.1. The van der Waals surface area contributed by atoms with Crippen molar-refractivity contribution in [1.29, 1.82) is 0 Å². The molecule has 0 spiro atoms. The Morgan fingerprint density at radius 3 is 2.40 bits per heavy atom. The minimum absolute atomic E-state index is 0.0589. The van der Waals surface area contributed by atoms with Crippen LogP contribution in [0, 0.1) is 0 Å². The van der Waals surface area contributed by atoms with Crippen LogP contribution in [0.3, 0.4) is 0 Å². The summed E-state index contributed by atoms with van der Waals surface area (Å²) in [4.78, 5) is 3.60. The number of thiophene rings is 1. The molecule has 4 heteroatoms. The number of hydrogen-bond donors (Lipinski definition) is 1. The second kappa shape index (κ2) is 6.72. The van der Waals surface area contributed by atoms with Gasteiger partial charge in [-0.2, -0.15) is 0 Å². The molecular weight excluding hydrogens is 288 g/mol. The molecule has 2 rings (SSSR count). The summed E-state index contributed by atoms with van der Waals surface area (Å²) in [7, 11) is 2.11. The lowest BCUT2D eigenvalue weighted by Crippen LogP contribution is -2.38. The van der Waals surface area contributed by atoms with Crippen molar-refractivity contribution < 1.29 is 0 Å². The maximum absolute atomic E-state index is 6.32. The number of nitrogens with two attached hydrogens (primary N) is 1. The van der Waals surface area contributed by atoms with Crippen molar-refractivity contribution in [2.75, 3.05) is 7.05 Å². The molecule has 108 valence electrons. The molecule has 0 bridgehead atoms. The smallest absolute Gasteiger partial charge is 0.0593 e. The highest BCUT2D eigenvalue weighted by Gasteiger charge is 2.27. The van der Waals surface area contributed by atoms with Crippen molar-refractivity contribution in [3.63, 3.8) is 0 Å². The fourth-order valence-electron chi connectivity index (χ4n) is 2.56. The van der Waals surface area contributed by atoms with E-state index in [4.69, 9.17) is 17.3 Å². The molecule has 0 aliphatic rings. The SMILES string of the molecule is CC(N)C(c1cccs1)N(C)C(C)c1ccccc1Cl. The number of benzene rings is 1. The summed E-state index contributed by atoms with van der Waals surface area (Å²) in [6.45, 7) is 4.23. The Hall–Kier alpha value is -0.870. The van der Waals surface area contributed by atoms with Gasteiger partial charge in [-0.05, 0) is 44.0 Å². The Morgan fingerprint density at radius 1 is 1.15 bits per heavy atom. The molecule has 1 heterocycles. The molecule has 3 atom stereocenters. The summed E-state index contributed by atoms with van der Waals surface area (Å²) in [5.41, 5.74) is 7.35. The van der Waals surface area contributed by atoms with Crippen LogP contribution in [0.5, 0.6) is 0 Å². The highest BCUT2D eigenvalue weighted by molar-refractivity contribution is 7.10. The largest absolute Gasteiger partial charge is 0.326 e. The van der Waals surface area contributed by atoms with Gasteiger partial charge >= 0.3 is 0 Å². The fourth-order valence-corrected chi connectivity index (χ4v) is 3.85. The molecule has 0 radical (unpaired) electrons. The van der Waals surface area contributed by atoms with Gasteiger partial charge in [-0.3, -0.25) is 4.90 Å². The van der Waals surface area contributed by atoms with Crippen molar-refractivity contribution in [2.24, 2.45) is 5.73 Å². The van der Waals surface area contributed by atoms with E-state index in [1.54, 1.807) is 11.3 Å². The Balaban J connectivity index is 2.28. The third kappa shape index (κ3) is 3.23. The maximum atomic E-state index is 6.32. The predicted octanol–water partition coefficient (Wildman–Crippen LogP) is 4.48. The molecule has 2 N–H and O–H groups in total. The molecule has 0 saturated heterocycles. The number of halogens is 1.